The van der Waals surface area contributed by atoms with E-state index in [1.807, 2.05) is 41.2 Å². The van der Waals surface area contributed by atoms with Crippen LogP contribution in [0.4, 0.5) is 0 Å². The lowest BCUT2D eigenvalue weighted by Gasteiger charge is -1.97. The third-order valence-electron chi connectivity index (χ3n) is 2.30. The van der Waals surface area contributed by atoms with Crippen molar-refractivity contribution in [2.75, 3.05) is 0 Å². The van der Waals surface area contributed by atoms with Crippen molar-refractivity contribution in [1.82, 2.24) is 0 Å². The van der Waals surface area contributed by atoms with Gasteiger partial charge in [-0.15, -0.1) is 0 Å². The Morgan fingerprint density at radius 1 is 1.06 bits per heavy atom. The largest absolute Gasteiger partial charge is 0.201 e. The van der Waals surface area contributed by atoms with E-state index in [0.29, 0.717) is 5.56 Å². The molecule has 0 atom stereocenters. The normalized spacial score (nSPS) is 9.75. The summed E-state index contributed by atoms with van der Waals surface area (Å²) in [5.74, 6) is 0. The lowest BCUT2D eigenvalue weighted by molar-refractivity contribution is -0.688. The van der Waals surface area contributed by atoms with Gasteiger partial charge in [-0.1, -0.05) is 23.7 Å². The fourth-order valence-corrected chi connectivity index (χ4v) is 1.56. The van der Waals surface area contributed by atoms with Crippen LogP contribution in [0.1, 0.15) is 11.1 Å². The summed E-state index contributed by atoms with van der Waals surface area (Å²) in [4.78, 5) is 0. The Morgan fingerprint density at radius 2 is 1.69 bits per heavy atom. The molecule has 0 aliphatic heterocycles. The van der Waals surface area contributed by atoms with Gasteiger partial charge in [0.05, 0.1) is 11.6 Å². The number of hydrogen-bond donors (Lipinski definition) is 0. The summed E-state index contributed by atoms with van der Waals surface area (Å²) in [6.45, 7) is 0.781. The Kier molecular flexibility index (Phi) is 3.19. The second-order valence-corrected chi connectivity index (χ2v) is 3.93. The van der Waals surface area contributed by atoms with Crippen molar-refractivity contribution in [3.63, 3.8) is 0 Å². The summed E-state index contributed by atoms with van der Waals surface area (Å²) in [5.41, 5.74) is 1.85. The maximum absolute atomic E-state index is 8.67. The van der Waals surface area contributed by atoms with Gasteiger partial charge in [0.15, 0.2) is 18.9 Å². The molecule has 1 aromatic heterocycles. The van der Waals surface area contributed by atoms with Gasteiger partial charge in [-0.05, 0) is 12.1 Å². The van der Waals surface area contributed by atoms with Gasteiger partial charge in [-0.2, -0.15) is 5.26 Å². The second-order valence-electron chi connectivity index (χ2n) is 3.50. The average molecular weight is 230 g/mol. The molecule has 0 aliphatic carbocycles. The lowest BCUT2D eigenvalue weighted by Crippen LogP contribution is -2.33. The third-order valence-corrected chi connectivity index (χ3v) is 2.55. The van der Waals surface area contributed by atoms with Crippen LogP contribution in [-0.2, 0) is 6.54 Å². The Hall–Kier alpha value is -1.85. The number of nitriles is 1. The summed E-state index contributed by atoms with van der Waals surface area (Å²) in [6.07, 6.45) is 3.79. The molecule has 1 aromatic carbocycles. The van der Waals surface area contributed by atoms with E-state index in [0.717, 1.165) is 11.6 Å². The van der Waals surface area contributed by atoms with Gasteiger partial charge >= 0.3 is 0 Å². The van der Waals surface area contributed by atoms with Gasteiger partial charge in [0.1, 0.15) is 0 Å². The molecule has 0 saturated carbocycles. The van der Waals surface area contributed by atoms with E-state index in [-0.39, 0.29) is 0 Å². The zero-order valence-electron chi connectivity index (χ0n) is 8.60. The molecule has 0 aliphatic rings. The van der Waals surface area contributed by atoms with Gasteiger partial charge in [0.25, 0.3) is 0 Å². The van der Waals surface area contributed by atoms with E-state index in [1.165, 1.54) is 5.56 Å². The molecule has 2 aromatic rings. The molecule has 16 heavy (non-hydrogen) atoms. The molecule has 78 valence electrons. The molecule has 0 radical (unpaired) electrons. The number of halogens is 1. The standard InChI is InChI=1S/C13H10ClN2/c14-13-3-1-12(2-4-13)10-16-7-5-11(9-15)6-8-16/h1-8H,10H2/q+1. The van der Waals surface area contributed by atoms with Crippen molar-refractivity contribution in [2.45, 2.75) is 6.54 Å². The number of pyridine rings is 1. The summed E-state index contributed by atoms with van der Waals surface area (Å²) in [7, 11) is 0. The third kappa shape index (κ3) is 2.59. The highest BCUT2D eigenvalue weighted by Gasteiger charge is 2.02. The van der Waals surface area contributed by atoms with Crippen LogP contribution in [0, 0.1) is 11.3 Å². The smallest absolute Gasteiger partial charge is 0.173 e. The monoisotopic (exact) mass is 229 g/mol. The number of hydrogen-bond acceptors (Lipinski definition) is 1. The zero-order chi connectivity index (χ0) is 11.4. The molecule has 0 saturated heterocycles. The lowest BCUT2D eigenvalue weighted by atomic mass is 10.2. The van der Waals surface area contributed by atoms with Gasteiger partial charge in [0.2, 0.25) is 0 Å². The fraction of sp³-hybridized carbons (Fsp3) is 0.0769. The van der Waals surface area contributed by atoms with E-state index >= 15 is 0 Å². The van der Waals surface area contributed by atoms with Crippen molar-refractivity contribution in [3.05, 3.63) is 64.9 Å². The van der Waals surface area contributed by atoms with Crippen molar-refractivity contribution in [1.29, 1.82) is 5.26 Å². The van der Waals surface area contributed by atoms with Crippen LogP contribution in [0.5, 0.6) is 0 Å². The quantitative estimate of drug-likeness (QED) is 0.728. The maximum Gasteiger partial charge on any atom is 0.173 e. The molecule has 2 rings (SSSR count). The minimum absolute atomic E-state index is 0.673. The van der Waals surface area contributed by atoms with Crippen molar-refractivity contribution in [2.24, 2.45) is 0 Å². The Balaban J connectivity index is 2.15. The van der Waals surface area contributed by atoms with E-state index in [2.05, 4.69) is 6.07 Å². The molecule has 0 bridgehead atoms. The summed E-state index contributed by atoms with van der Waals surface area (Å²) in [6, 6.07) is 13.4. The van der Waals surface area contributed by atoms with E-state index in [9.17, 15) is 0 Å². The van der Waals surface area contributed by atoms with Gasteiger partial charge in [-0.25, -0.2) is 4.57 Å². The summed E-state index contributed by atoms with van der Waals surface area (Å²) >= 11 is 5.81. The molecular weight excluding hydrogens is 220 g/mol. The van der Waals surface area contributed by atoms with Crippen LogP contribution in [0.3, 0.4) is 0 Å². The van der Waals surface area contributed by atoms with Crippen LogP contribution < -0.4 is 4.57 Å². The number of rotatable bonds is 2. The van der Waals surface area contributed by atoms with E-state index < -0.39 is 0 Å². The minimum atomic E-state index is 0.673. The predicted octanol–water partition coefficient (Wildman–Crippen LogP) is 2.55. The van der Waals surface area contributed by atoms with Crippen LogP contribution >= 0.6 is 11.6 Å². The predicted molar refractivity (Wildman–Crippen MR) is 61.9 cm³/mol. The maximum atomic E-state index is 8.67. The van der Waals surface area contributed by atoms with E-state index in [4.69, 9.17) is 16.9 Å². The highest BCUT2D eigenvalue weighted by Crippen LogP contribution is 2.09. The Morgan fingerprint density at radius 3 is 2.25 bits per heavy atom. The molecule has 1 heterocycles. The zero-order valence-corrected chi connectivity index (χ0v) is 9.35. The Labute approximate surface area is 99.3 Å². The molecule has 0 amide bonds. The highest BCUT2D eigenvalue weighted by molar-refractivity contribution is 6.30. The first-order valence-corrected chi connectivity index (χ1v) is 5.29. The average Bonchev–Trinajstić information content (AvgIpc) is 2.33. The minimum Gasteiger partial charge on any atom is -0.201 e. The topological polar surface area (TPSA) is 27.7 Å². The van der Waals surface area contributed by atoms with Crippen molar-refractivity contribution < 1.29 is 4.57 Å². The first-order valence-electron chi connectivity index (χ1n) is 4.91. The first-order chi connectivity index (χ1) is 7.78. The van der Waals surface area contributed by atoms with Crippen LogP contribution in [0.15, 0.2) is 48.8 Å². The number of aromatic nitrogens is 1. The molecule has 0 fully saturated rings. The van der Waals surface area contributed by atoms with E-state index in [1.54, 1.807) is 12.1 Å². The summed E-state index contributed by atoms with van der Waals surface area (Å²) in [5, 5.41) is 9.42. The van der Waals surface area contributed by atoms with Gasteiger partial charge in [-0.3, -0.25) is 0 Å². The van der Waals surface area contributed by atoms with Crippen LogP contribution in [0.2, 0.25) is 5.02 Å². The molecule has 0 unspecified atom stereocenters. The van der Waals surface area contributed by atoms with Crippen LogP contribution in [0.25, 0.3) is 0 Å². The molecular formula is C13H10ClN2+. The fourth-order valence-electron chi connectivity index (χ4n) is 1.44. The van der Waals surface area contributed by atoms with Gasteiger partial charge in [0, 0.05) is 22.7 Å². The molecule has 2 nitrogen and oxygen atoms in total. The molecule has 3 heteroatoms. The molecule has 0 spiro atoms. The van der Waals surface area contributed by atoms with Crippen molar-refractivity contribution >= 4 is 11.6 Å². The van der Waals surface area contributed by atoms with Crippen molar-refractivity contribution in [3.8, 4) is 6.07 Å². The second kappa shape index (κ2) is 4.78. The van der Waals surface area contributed by atoms with Gasteiger partial charge < -0.3 is 0 Å². The summed E-state index contributed by atoms with van der Waals surface area (Å²) < 4.78 is 2.02. The number of benzene rings is 1. The highest BCUT2D eigenvalue weighted by atomic mass is 35.5. The molecule has 0 N–H and O–H groups in total. The first kappa shape index (κ1) is 10.7. The Bertz CT molecular complexity index is 509. The number of nitrogens with zero attached hydrogens (tertiary/aromatic N) is 2. The van der Waals surface area contributed by atoms with Crippen LogP contribution in [-0.4, -0.2) is 0 Å². The SMILES string of the molecule is N#Cc1cc[n+](Cc2ccc(Cl)cc2)cc1.